The van der Waals surface area contributed by atoms with Crippen LogP contribution in [-0.4, -0.2) is 48.1 Å². The van der Waals surface area contributed by atoms with Gasteiger partial charge in [0.2, 0.25) is 5.91 Å². The summed E-state index contributed by atoms with van der Waals surface area (Å²) in [7, 11) is 1.56. The summed E-state index contributed by atoms with van der Waals surface area (Å²) in [5, 5.41) is 3.10. The molecule has 37 heavy (non-hydrogen) atoms. The van der Waals surface area contributed by atoms with Gasteiger partial charge < -0.3 is 19.7 Å². The van der Waals surface area contributed by atoms with Crippen LogP contribution in [0.25, 0.3) is 0 Å². The van der Waals surface area contributed by atoms with Crippen LogP contribution >= 0.6 is 12.2 Å². The second kappa shape index (κ2) is 11.8. The lowest BCUT2D eigenvalue weighted by atomic mass is 10.1. The number of rotatable bonds is 10. The molecule has 2 amide bonds. The third-order valence-corrected chi connectivity index (χ3v) is 6.47. The zero-order chi connectivity index (χ0) is 26.4. The van der Waals surface area contributed by atoms with Gasteiger partial charge in [-0.15, -0.1) is 0 Å². The Kier molecular flexibility index (Phi) is 8.35. The maximum absolute atomic E-state index is 14.3. The Morgan fingerprint density at radius 2 is 1.70 bits per heavy atom. The summed E-state index contributed by atoms with van der Waals surface area (Å²) in [4.78, 5) is 29.7. The van der Waals surface area contributed by atoms with E-state index in [-0.39, 0.29) is 35.7 Å². The highest BCUT2D eigenvalue weighted by Crippen LogP contribution is 2.29. The van der Waals surface area contributed by atoms with Gasteiger partial charge in [0.05, 0.1) is 25.8 Å². The van der Waals surface area contributed by atoms with Gasteiger partial charge in [-0.3, -0.25) is 14.5 Å². The maximum atomic E-state index is 14.3. The van der Waals surface area contributed by atoms with E-state index in [1.54, 1.807) is 78.7 Å². The van der Waals surface area contributed by atoms with Crippen molar-refractivity contribution >= 4 is 40.5 Å². The number of benzene rings is 3. The number of halogens is 1. The van der Waals surface area contributed by atoms with Gasteiger partial charge in [-0.05, 0) is 85.7 Å². The fourth-order valence-electron chi connectivity index (χ4n) is 4.19. The van der Waals surface area contributed by atoms with Crippen LogP contribution in [0.5, 0.6) is 11.5 Å². The zero-order valence-corrected chi connectivity index (χ0v) is 21.5. The van der Waals surface area contributed by atoms with E-state index in [0.29, 0.717) is 41.5 Å². The smallest absolute Gasteiger partial charge is 0.256 e. The molecule has 0 radical (unpaired) electrons. The van der Waals surface area contributed by atoms with Gasteiger partial charge in [0.25, 0.3) is 5.91 Å². The first-order chi connectivity index (χ1) is 17.9. The van der Waals surface area contributed by atoms with Crippen LogP contribution in [0.3, 0.4) is 0 Å². The van der Waals surface area contributed by atoms with Crippen LogP contribution in [0.1, 0.15) is 18.9 Å². The van der Waals surface area contributed by atoms with Gasteiger partial charge in [0, 0.05) is 12.2 Å². The second-order valence-electron chi connectivity index (χ2n) is 8.41. The summed E-state index contributed by atoms with van der Waals surface area (Å²) in [6.45, 7) is 2.72. The van der Waals surface area contributed by atoms with Gasteiger partial charge in [-0.25, -0.2) is 4.39 Å². The molecule has 3 aromatic rings. The van der Waals surface area contributed by atoms with E-state index in [0.717, 1.165) is 0 Å². The highest BCUT2D eigenvalue weighted by molar-refractivity contribution is 7.80. The summed E-state index contributed by atoms with van der Waals surface area (Å²) in [6.07, 6.45) is 0.212. The van der Waals surface area contributed by atoms with Crippen LogP contribution in [-0.2, 0) is 16.0 Å². The highest BCUT2D eigenvalue weighted by Gasteiger charge is 2.44. The van der Waals surface area contributed by atoms with Crippen LogP contribution in [0.2, 0.25) is 0 Å². The topological polar surface area (TPSA) is 71.1 Å². The fourth-order valence-corrected chi connectivity index (χ4v) is 4.60. The molecular formula is C28H28FN3O4S. The molecule has 1 heterocycles. The molecule has 7 nitrogen and oxygen atoms in total. The summed E-state index contributed by atoms with van der Waals surface area (Å²) in [5.41, 5.74) is 1.67. The number of amides is 2. The summed E-state index contributed by atoms with van der Waals surface area (Å²) in [6, 6.07) is 19.6. The van der Waals surface area contributed by atoms with E-state index < -0.39 is 6.04 Å². The van der Waals surface area contributed by atoms with Gasteiger partial charge in [-0.2, -0.15) is 0 Å². The lowest BCUT2D eigenvalue weighted by Crippen LogP contribution is -2.39. The lowest BCUT2D eigenvalue weighted by Gasteiger charge is -2.24. The van der Waals surface area contributed by atoms with Gasteiger partial charge in [0.15, 0.2) is 5.11 Å². The zero-order valence-electron chi connectivity index (χ0n) is 20.6. The summed E-state index contributed by atoms with van der Waals surface area (Å²) < 4.78 is 24.9. The predicted molar refractivity (Wildman–Crippen MR) is 145 cm³/mol. The molecule has 1 N–H and O–H groups in total. The Morgan fingerprint density at radius 3 is 2.35 bits per heavy atom. The minimum Gasteiger partial charge on any atom is -0.497 e. The second-order valence-corrected chi connectivity index (χ2v) is 8.78. The fraction of sp³-hybridized carbons (Fsp3) is 0.250. The third kappa shape index (κ3) is 6.06. The van der Waals surface area contributed by atoms with E-state index >= 15 is 0 Å². The SMILES string of the molecule is CCOc1ccc(NC(=O)CC2C(=O)N(c3ccc(OC)cc3)C(=S)N2CCc2ccccc2F)cc1. The van der Waals surface area contributed by atoms with Crippen molar-refractivity contribution < 1.29 is 23.5 Å². The van der Waals surface area contributed by atoms with Crippen LogP contribution in [0, 0.1) is 5.82 Å². The van der Waals surface area contributed by atoms with Crippen LogP contribution in [0.4, 0.5) is 15.8 Å². The Morgan fingerprint density at radius 1 is 1.03 bits per heavy atom. The van der Waals surface area contributed by atoms with Crippen molar-refractivity contribution in [3.05, 3.63) is 84.2 Å². The molecule has 4 rings (SSSR count). The number of ether oxygens (including phenoxy) is 2. The number of methoxy groups -OCH3 is 1. The Bertz CT molecular complexity index is 1270. The number of hydrogen-bond acceptors (Lipinski definition) is 5. The minimum atomic E-state index is -0.830. The first-order valence-corrected chi connectivity index (χ1v) is 12.4. The van der Waals surface area contributed by atoms with E-state index in [4.69, 9.17) is 21.7 Å². The van der Waals surface area contributed by atoms with Crippen LogP contribution < -0.4 is 19.7 Å². The van der Waals surface area contributed by atoms with E-state index in [1.165, 1.54) is 11.0 Å². The number of anilines is 2. The monoisotopic (exact) mass is 521 g/mol. The largest absolute Gasteiger partial charge is 0.497 e. The van der Waals surface area contributed by atoms with Gasteiger partial charge >= 0.3 is 0 Å². The van der Waals surface area contributed by atoms with Crippen molar-refractivity contribution in [3.63, 3.8) is 0 Å². The van der Waals surface area contributed by atoms with Crippen molar-refractivity contribution in [3.8, 4) is 11.5 Å². The lowest BCUT2D eigenvalue weighted by molar-refractivity contribution is -0.124. The van der Waals surface area contributed by atoms with Crippen molar-refractivity contribution in [2.75, 3.05) is 30.5 Å². The number of hydrogen-bond donors (Lipinski definition) is 1. The number of thiocarbonyl (C=S) groups is 1. The van der Waals surface area contributed by atoms with E-state index in [2.05, 4.69) is 5.32 Å². The third-order valence-electron chi connectivity index (χ3n) is 6.06. The molecule has 1 aliphatic rings. The van der Waals surface area contributed by atoms with Crippen molar-refractivity contribution in [1.82, 2.24) is 4.90 Å². The molecule has 3 aromatic carbocycles. The molecule has 1 saturated heterocycles. The molecule has 0 aliphatic carbocycles. The molecule has 9 heteroatoms. The van der Waals surface area contributed by atoms with E-state index in [1.807, 2.05) is 6.92 Å². The molecule has 1 aliphatic heterocycles. The van der Waals surface area contributed by atoms with Gasteiger partial charge in [0.1, 0.15) is 23.4 Å². The maximum Gasteiger partial charge on any atom is 0.256 e. The Hall–Kier alpha value is -3.98. The predicted octanol–water partition coefficient (Wildman–Crippen LogP) is 4.81. The van der Waals surface area contributed by atoms with Crippen molar-refractivity contribution in [2.45, 2.75) is 25.8 Å². The summed E-state index contributed by atoms with van der Waals surface area (Å²) in [5.74, 6) is 0.370. The molecule has 0 saturated carbocycles. The molecule has 0 spiro atoms. The van der Waals surface area contributed by atoms with Gasteiger partial charge in [-0.1, -0.05) is 18.2 Å². The highest BCUT2D eigenvalue weighted by atomic mass is 32.1. The molecular weight excluding hydrogens is 493 g/mol. The Balaban J connectivity index is 1.54. The standard InChI is InChI=1S/C28H28FN3O4S/c1-3-36-23-12-8-20(9-13-23)30-26(33)18-25-27(34)32(21-10-14-22(35-2)15-11-21)28(37)31(25)17-16-19-6-4-5-7-24(19)29/h4-15,25H,3,16-18H2,1-2H3,(H,30,33). The average Bonchev–Trinajstić information content (AvgIpc) is 3.13. The van der Waals surface area contributed by atoms with E-state index in [9.17, 15) is 14.0 Å². The number of carbonyl (C=O) groups excluding carboxylic acids is 2. The molecule has 0 aromatic heterocycles. The quantitative estimate of drug-likeness (QED) is 0.386. The first-order valence-electron chi connectivity index (χ1n) is 12.0. The summed E-state index contributed by atoms with van der Waals surface area (Å²) >= 11 is 5.69. The van der Waals surface area contributed by atoms with Crippen molar-refractivity contribution in [1.29, 1.82) is 0 Å². The minimum absolute atomic E-state index is 0.115. The number of nitrogens with one attached hydrogen (secondary N) is 1. The molecule has 192 valence electrons. The number of nitrogens with zero attached hydrogens (tertiary/aromatic N) is 2. The molecule has 0 bridgehead atoms. The van der Waals surface area contributed by atoms with Crippen molar-refractivity contribution in [2.24, 2.45) is 0 Å². The molecule has 1 unspecified atom stereocenters. The molecule has 1 fully saturated rings. The Labute approximate surface area is 220 Å². The number of carbonyl (C=O) groups is 2. The average molecular weight is 522 g/mol. The normalized spacial score (nSPS) is 15.2. The first kappa shape index (κ1) is 26.1. The van der Waals surface area contributed by atoms with Crippen LogP contribution in [0.15, 0.2) is 72.8 Å². The molecule has 1 atom stereocenters.